The van der Waals surface area contributed by atoms with Crippen molar-refractivity contribution in [1.82, 2.24) is 24.1 Å². The fourth-order valence-electron chi connectivity index (χ4n) is 3.26. The number of benzene rings is 1. The molecule has 4 aromatic rings. The maximum Gasteiger partial charge on any atom is 0.217 e. The van der Waals surface area contributed by atoms with E-state index in [1.807, 2.05) is 50.0 Å². The molecule has 0 amide bonds. The summed E-state index contributed by atoms with van der Waals surface area (Å²) in [5.74, 6) is 2.00. The van der Waals surface area contributed by atoms with Crippen LogP contribution in [0.4, 0.5) is 0 Å². The Morgan fingerprint density at radius 3 is 2.62 bits per heavy atom. The van der Waals surface area contributed by atoms with Crippen molar-refractivity contribution in [2.75, 3.05) is 7.11 Å². The summed E-state index contributed by atoms with van der Waals surface area (Å²) >= 11 is 6.50. The van der Waals surface area contributed by atoms with Crippen molar-refractivity contribution >= 4 is 17.1 Å². The van der Waals surface area contributed by atoms with Crippen LogP contribution in [0.3, 0.4) is 0 Å². The lowest BCUT2D eigenvalue weighted by molar-refractivity contribution is 0.412. The molecular weight excluding hydrogens is 350 g/mol. The Hall–Kier alpha value is -2.86. The van der Waals surface area contributed by atoms with Crippen molar-refractivity contribution in [1.29, 1.82) is 0 Å². The molecule has 3 aromatic heterocycles. The SMILES string of the molecule is COc1cccc(-c2cn3nc(-c4nccn4C)nc(Cl)c3c2C)c1C. The molecule has 3 heterocycles. The van der Waals surface area contributed by atoms with E-state index in [4.69, 9.17) is 16.3 Å². The summed E-state index contributed by atoms with van der Waals surface area (Å²) in [5.41, 5.74) is 5.03. The first-order valence-corrected chi connectivity index (χ1v) is 8.56. The summed E-state index contributed by atoms with van der Waals surface area (Å²) in [6.07, 6.45) is 5.54. The zero-order chi connectivity index (χ0) is 18.4. The highest BCUT2D eigenvalue weighted by atomic mass is 35.5. The molecule has 0 unspecified atom stereocenters. The van der Waals surface area contributed by atoms with Crippen LogP contribution in [-0.2, 0) is 7.05 Å². The van der Waals surface area contributed by atoms with Gasteiger partial charge in [0, 0.05) is 31.2 Å². The molecule has 7 heteroatoms. The van der Waals surface area contributed by atoms with Crippen LogP contribution in [0.1, 0.15) is 11.1 Å². The molecular formula is C19H18ClN5O. The molecule has 0 aliphatic carbocycles. The van der Waals surface area contributed by atoms with Gasteiger partial charge in [0.1, 0.15) is 11.3 Å². The number of rotatable bonds is 3. The smallest absolute Gasteiger partial charge is 0.217 e. The van der Waals surface area contributed by atoms with E-state index in [2.05, 4.69) is 21.1 Å². The number of methoxy groups -OCH3 is 1. The van der Waals surface area contributed by atoms with Gasteiger partial charge in [0.15, 0.2) is 11.0 Å². The molecule has 0 fully saturated rings. The summed E-state index contributed by atoms with van der Waals surface area (Å²) in [4.78, 5) is 8.76. The van der Waals surface area contributed by atoms with Gasteiger partial charge in [-0.2, -0.15) is 0 Å². The standard InChI is InChI=1S/C19H18ClN5O/c1-11-13(6-5-7-15(11)26-4)14-10-25-16(12(14)2)17(20)22-18(23-25)19-21-8-9-24(19)3/h5-10H,1-4H3. The summed E-state index contributed by atoms with van der Waals surface area (Å²) in [6, 6.07) is 6.01. The van der Waals surface area contributed by atoms with E-state index in [1.165, 1.54) is 0 Å². The maximum absolute atomic E-state index is 6.50. The Balaban J connectivity index is 1.95. The molecule has 1 aromatic carbocycles. The topological polar surface area (TPSA) is 57.2 Å². The molecule has 0 aliphatic rings. The van der Waals surface area contributed by atoms with E-state index in [-0.39, 0.29) is 0 Å². The Bertz CT molecular complexity index is 1130. The molecule has 0 spiro atoms. The summed E-state index contributed by atoms with van der Waals surface area (Å²) in [7, 11) is 3.58. The van der Waals surface area contributed by atoms with Crippen molar-refractivity contribution in [3.05, 3.63) is 53.1 Å². The number of aromatic nitrogens is 5. The van der Waals surface area contributed by atoms with Gasteiger partial charge in [-0.05, 0) is 36.6 Å². The largest absolute Gasteiger partial charge is 0.496 e. The van der Waals surface area contributed by atoms with Gasteiger partial charge in [0.2, 0.25) is 5.82 Å². The third kappa shape index (κ3) is 2.45. The van der Waals surface area contributed by atoms with Gasteiger partial charge in [-0.25, -0.2) is 14.5 Å². The normalized spacial score (nSPS) is 11.3. The van der Waals surface area contributed by atoms with Crippen LogP contribution in [0, 0.1) is 13.8 Å². The highest BCUT2D eigenvalue weighted by Gasteiger charge is 2.18. The first-order valence-electron chi connectivity index (χ1n) is 8.18. The zero-order valence-electron chi connectivity index (χ0n) is 15.0. The van der Waals surface area contributed by atoms with Crippen LogP contribution in [0.5, 0.6) is 5.75 Å². The fraction of sp³-hybridized carbons (Fsp3) is 0.211. The van der Waals surface area contributed by atoms with E-state index in [1.54, 1.807) is 17.8 Å². The summed E-state index contributed by atoms with van der Waals surface area (Å²) in [5, 5.41) is 5.03. The van der Waals surface area contributed by atoms with Crippen LogP contribution < -0.4 is 4.74 Å². The average molecular weight is 368 g/mol. The first-order chi connectivity index (χ1) is 12.5. The second kappa shape index (κ2) is 6.14. The molecule has 6 nitrogen and oxygen atoms in total. The van der Waals surface area contributed by atoms with Gasteiger partial charge in [0.25, 0.3) is 0 Å². The number of halogens is 1. The number of imidazole rings is 1. The first kappa shape index (κ1) is 16.6. The molecule has 4 rings (SSSR count). The Morgan fingerprint density at radius 2 is 1.92 bits per heavy atom. The number of hydrogen-bond acceptors (Lipinski definition) is 4. The Morgan fingerprint density at radius 1 is 1.12 bits per heavy atom. The van der Waals surface area contributed by atoms with Crippen LogP contribution >= 0.6 is 11.6 Å². The van der Waals surface area contributed by atoms with E-state index in [9.17, 15) is 0 Å². The van der Waals surface area contributed by atoms with Crippen LogP contribution in [0.15, 0.2) is 36.8 Å². The molecule has 0 N–H and O–H groups in total. The third-order valence-corrected chi connectivity index (χ3v) is 4.92. The molecule has 0 aliphatic heterocycles. The lowest BCUT2D eigenvalue weighted by atomic mass is 9.99. The number of nitrogens with zero attached hydrogens (tertiary/aromatic N) is 5. The number of fused-ring (bicyclic) bond motifs is 1. The van der Waals surface area contributed by atoms with Gasteiger partial charge in [0.05, 0.1) is 7.11 Å². The van der Waals surface area contributed by atoms with Crippen molar-refractivity contribution in [3.63, 3.8) is 0 Å². The molecule has 0 saturated heterocycles. The maximum atomic E-state index is 6.50. The Kier molecular flexibility index (Phi) is 3.92. The molecule has 132 valence electrons. The molecule has 0 atom stereocenters. The monoisotopic (exact) mass is 367 g/mol. The third-order valence-electron chi connectivity index (χ3n) is 4.66. The highest BCUT2D eigenvalue weighted by molar-refractivity contribution is 6.33. The fourth-order valence-corrected chi connectivity index (χ4v) is 3.56. The average Bonchev–Trinajstić information content (AvgIpc) is 3.19. The van der Waals surface area contributed by atoms with E-state index in [0.717, 1.165) is 33.5 Å². The molecule has 0 radical (unpaired) electrons. The molecule has 0 bridgehead atoms. The van der Waals surface area contributed by atoms with Crippen molar-refractivity contribution in [2.24, 2.45) is 7.05 Å². The minimum Gasteiger partial charge on any atom is -0.496 e. The lowest BCUT2D eigenvalue weighted by Crippen LogP contribution is -2.02. The minimum absolute atomic E-state index is 0.405. The second-order valence-electron chi connectivity index (χ2n) is 6.18. The highest BCUT2D eigenvalue weighted by Crippen LogP contribution is 2.35. The van der Waals surface area contributed by atoms with Crippen LogP contribution in [-0.4, -0.2) is 31.3 Å². The summed E-state index contributed by atoms with van der Waals surface area (Å²) in [6.45, 7) is 4.07. The molecule has 26 heavy (non-hydrogen) atoms. The van der Waals surface area contributed by atoms with Gasteiger partial charge < -0.3 is 9.30 Å². The number of hydrogen-bond donors (Lipinski definition) is 0. The van der Waals surface area contributed by atoms with Crippen molar-refractivity contribution < 1.29 is 4.74 Å². The zero-order valence-corrected chi connectivity index (χ0v) is 15.7. The van der Waals surface area contributed by atoms with Gasteiger partial charge in [-0.15, -0.1) is 5.10 Å². The van der Waals surface area contributed by atoms with Gasteiger partial charge >= 0.3 is 0 Å². The van der Waals surface area contributed by atoms with Crippen molar-refractivity contribution in [2.45, 2.75) is 13.8 Å². The molecule has 0 saturated carbocycles. The quantitative estimate of drug-likeness (QED) is 0.547. The predicted molar refractivity (Wildman–Crippen MR) is 102 cm³/mol. The van der Waals surface area contributed by atoms with Crippen LogP contribution in [0.2, 0.25) is 5.15 Å². The number of aryl methyl sites for hydroxylation is 2. The van der Waals surface area contributed by atoms with E-state index in [0.29, 0.717) is 16.8 Å². The van der Waals surface area contributed by atoms with E-state index >= 15 is 0 Å². The van der Waals surface area contributed by atoms with Crippen molar-refractivity contribution in [3.8, 4) is 28.5 Å². The van der Waals surface area contributed by atoms with Gasteiger partial charge in [-0.3, -0.25) is 0 Å². The minimum atomic E-state index is 0.405. The van der Waals surface area contributed by atoms with E-state index < -0.39 is 0 Å². The Labute approximate surface area is 156 Å². The second-order valence-corrected chi connectivity index (χ2v) is 6.54. The predicted octanol–water partition coefficient (Wildman–Crippen LogP) is 4.08. The van der Waals surface area contributed by atoms with Crippen LogP contribution in [0.25, 0.3) is 28.3 Å². The summed E-state index contributed by atoms with van der Waals surface area (Å²) < 4.78 is 9.10. The lowest BCUT2D eigenvalue weighted by Gasteiger charge is -2.09. The van der Waals surface area contributed by atoms with Gasteiger partial charge in [-0.1, -0.05) is 23.7 Å². The number of ether oxygens (including phenoxy) is 1.